The third-order valence-electron chi connectivity index (χ3n) is 3.20. The number of aromatic nitrogens is 1. The van der Waals surface area contributed by atoms with Crippen LogP contribution in [-0.4, -0.2) is 4.98 Å². The molecule has 96 valence electrons. The minimum atomic E-state index is 0.614. The molecule has 0 amide bonds. The molecule has 3 heteroatoms. The maximum Gasteiger partial charge on any atom is 0.101 e. The van der Waals surface area contributed by atoms with Crippen LogP contribution in [0.3, 0.4) is 0 Å². The van der Waals surface area contributed by atoms with Crippen molar-refractivity contribution in [3.8, 4) is 6.07 Å². The topological polar surface area (TPSA) is 48.7 Å². The molecule has 1 heterocycles. The highest BCUT2D eigenvalue weighted by atomic mass is 14.9. The first-order valence-electron chi connectivity index (χ1n) is 6.52. The van der Waals surface area contributed by atoms with E-state index in [1.807, 2.05) is 0 Å². The normalized spacial score (nSPS) is 9.95. The molecule has 2 rings (SSSR count). The van der Waals surface area contributed by atoms with E-state index in [2.05, 4.69) is 48.4 Å². The Kier molecular flexibility index (Phi) is 4.15. The van der Waals surface area contributed by atoms with E-state index in [-0.39, 0.29) is 0 Å². The Bertz CT molecular complexity index is 589. The van der Waals surface area contributed by atoms with Crippen molar-refractivity contribution in [1.29, 1.82) is 5.26 Å². The number of anilines is 2. The van der Waals surface area contributed by atoms with Crippen molar-refractivity contribution in [2.45, 2.75) is 26.7 Å². The van der Waals surface area contributed by atoms with Crippen LogP contribution in [0.5, 0.6) is 0 Å². The van der Waals surface area contributed by atoms with Gasteiger partial charge in [-0.05, 0) is 30.0 Å². The molecule has 2 aromatic rings. The summed E-state index contributed by atoms with van der Waals surface area (Å²) in [6, 6.07) is 10.2. The van der Waals surface area contributed by atoms with Gasteiger partial charge in [0.1, 0.15) is 6.07 Å². The van der Waals surface area contributed by atoms with Gasteiger partial charge in [-0.1, -0.05) is 32.0 Å². The lowest BCUT2D eigenvalue weighted by atomic mass is 10.0. The lowest BCUT2D eigenvalue weighted by Crippen LogP contribution is -2.01. The van der Waals surface area contributed by atoms with Crippen LogP contribution in [-0.2, 0) is 12.8 Å². The summed E-state index contributed by atoms with van der Waals surface area (Å²) in [5.41, 5.74) is 5.00. The summed E-state index contributed by atoms with van der Waals surface area (Å²) < 4.78 is 0. The minimum Gasteiger partial charge on any atom is -0.353 e. The summed E-state index contributed by atoms with van der Waals surface area (Å²) in [5, 5.41) is 12.5. The molecule has 0 radical (unpaired) electrons. The zero-order chi connectivity index (χ0) is 13.7. The molecule has 19 heavy (non-hydrogen) atoms. The molecule has 0 aliphatic heterocycles. The molecule has 0 spiro atoms. The van der Waals surface area contributed by atoms with E-state index < -0.39 is 0 Å². The van der Waals surface area contributed by atoms with Crippen LogP contribution in [0.4, 0.5) is 11.4 Å². The van der Waals surface area contributed by atoms with Crippen molar-refractivity contribution in [3.63, 3.8) is 0 Å². The van der Waals surface area contributed by atoms with Crippen LogP contribution in [0.25, 0.3) is 0 Å². The van der Waals surface area contributed by atoms with Crippen molar-refractivity contribution < 1.29 is 0 Å². The van der Waals surface area contributed by atoms with Crippen molar-refractivity contribution >= 4 is 11.4 Å². The zero-order valence-electron chi connectivity index (χ0n) is 11.3. The van der Waals surface area contributed by atoms with Gasteiger partial charge >= 0.3 is 0 Å². The second-order valence-electron chi connectivity index (χ2n) is 4.32. The molecule has 0 saturated heterocycles. The smallest absolute Gasteiger partial charge is 0.101 e. The Morgan fingerprint density at radius 2 is 1.84 bits per heavy atom. The number of rotatable bonds is 4. The molecular weight excluding hydrogens is 234 g/mol. The molecule has 1 aromatic carbocycles. The number of aryl methyl sites for hydroxylation is 2. The van der Waals surface area contributed by atoms with Gasteiger partial charge in [-0.25, -0.2) is 0 Å². The standard InChI is InChI=1S/C16H17N3/c1-3-12-6-5-7-13(4-2)16(12)19-15-11-18-9-8-14(15)10-17/h5-9,11,19H,3-4H2,1-2H3. The SMILES string of the molecule is CCc1cccc(CC)c1Nc1cnccc1C#N. The highest BCUT2D eigenvalue weighted by Gasteiger charge is 2.08. The second-order valence-corrected chi connectivity index (χ2v) is 4.32. The van der Waals surface area contributed by atoms with E-state index >= 15 is 0 Å². The summed E-state index contributed by atoms with van der Waals surface area (Å²) in [4.78, 5) is 4.09. The van der Waals surface area contributed by atoms with Gasteiger partial charge in [-0.15, -0.1) is 0 Å². The number of hydrogen-bond donors (Lipinski definition) is 1. The first-order chi connectivity index (χ1) is 9.30. The fourth-order valence-corrected chi connectivity index (χ4v) is 2.13. The van der Waals surface area contributed by atoms with Crippen LogP contribution >= 0.6 is 0 Å². The molecular formula is C16H17N3. The predicted molar refractivity (Wildman–Crippen MR) is 77.4 cm³/mol. The third-order valence-corrected chi connectivity index (χ3v) is 3.20. The number of nitrogens with zero attached hydrogens (tertiary/aromatic N) is 2. The predicted octanol–water partition coefficient (Wildman–Crippen LogP) is 3.82. The van der Waals surface area contributed by atoms with Gasteiger partial charge in [0.15, 0.2) is 0 Å². The minimum absolute atomic E-state index is 0.614. The van der Waals surface area contributed by atoms with Crippen molar-refractivity contribution in [3.05, 3.63) is 53.3 Å². The van der Waals surface area contributed by atoms with E-state index in [1.54, 1.807) is 18.5 Å². The maximum atomic E-state index is 9.13. The highest BCUT2D eigenvalue weighted by Crippen LogP contribution is 2.27. The molecule has 0 aliphatic rings. The van der Waals surface area contributed by atoms with Crippen LogP contribution in [0.15, 0.2) is 36.7 Å². The highest BCUT2D eigenvalue weighted by molar-refractivity contribution is 5.70. The second kappa shape index (κ2) is 6.01. The Hall–Kier alpha value is -2.34. The number of benzene rings is 1. The van der Waals surface area contributed by atoms with Gasteiger partial charge in [0.05, 0.1) is 17.4 Å². The molecule has 0 atom stereocenters. The van der Waals surface area contributed by atoms with Gasteiger partial charge in [0.25, 0.3) is 0 Å². The molecule has 0 bridgehead atoms. The number of para-hydroxylation sites is 1. The number of pyridine rings is 1. The van der Waals surface area contributed by atoms with E-state index in [1.165, 1.54) is 11.1 Å². The van der Waals surface area contributed by atoms with Gasteiger partial charge < -0.3 is 5.32 Å². The van der Waals surface area contributed by atoms with Gasteiger partial charge in [-0.2, -0.15) is 5.26 Å². The maximum absolute atomic E-state index is 9.13. The molecule has 3 nitrogen and oxygen atoms in total. The average Bonchev–Trinajstić information content (AvgIpc) is 2.48. The molecule has 0 saturated carbocycles. The molecule has 0 aliphatic carbocycles. The summed E-state index contributed by atoms with van der Waals surface area (Å²) in [7, 11) is 0. The Labute approximate surface area is 113 Å². The molecule has 0 fully saturated rings. The summed E-state index contributed by atoms with van der Waals surface area (Å²) >= 11 is 0. The third kappa shape index (κ3) is 2.74. The van der Waals surface area contributed by atoms with Gasteiger partial charge in [0.2, 0.25) is 0 Å². The lowest BCUT2D eigenvalue weighted by Gasteiger charge is -2.15. The summed E-state index contributed by atoms with van der Waals surface area (Å²) in [6.45, 7) is 4.27. The molecule has 0 unspecified atom stereocenters. The number of hydrogen-bond acceptors (Lipinski definition) is 3. The molecule has 1 N–H and O–H groups in total. The fraction of sp³-hybridized carbons (Fsp3) is 0.250. The Morgan fingerprint density at radius 1 is 1.16 bits per heavy atom. The Balaban J connectivity index is 2.46. The summed E-state index contributed by atoms with van der Waals surface area (Å²) in [5.74, 6) is 0. The van der Waals surface area contributed by atoms with Crippen LogP contribution in [0, 0.1) is 11.3 Å². The van der Waals surface area contributed by atoms with Crippen LogP contribution < -0.4 is 5.32 Å². The van der Waals surface area contributed by atoms with E-state index in [0.717, 1.165) is 24.2 Å². The van der Waals surface area contributed by atoms with Crippen LogP contribution in [0.2, 0.25) is 0 Å². The van der Waals surface area contributed by atoms with E-state index in [4.69, 9.17) is 5.26 Å². The largest absolute Gasteiger partial charge is 0.353 e. The Morgan fingerprint density at radius 3 is 2.42 bits per heavy atom. The van der Waals surface area contributed by atoms with Crippen molar-refractivity contribution in [2.75, 3.05) is 5.32 Å². The fourth-order valence-electron chi connectivity index (χ4n) is 2.13. The zero-order valence-corrected chi connectivity index (χ0v) is 11.3. The van der Waals surface area contributed by atoms with Crippen LogP contribution in [0.1, 0.15) is 30.5 Å². The lowest BCUT2D eigenvalue weighted by molar-refractivity contribution is 1.09. The first-order valence-corrected chi connectivity index (χ1v) is 6.52. The quantitative estimate of drug-likeness (QED) is 0.898. The van der Waals surface area contributed by atoms with Crippen molar-refractivity contribution in [2.24, 2.45) is 0 Å². The van der Waals surface area contributed by atoms with Crippen molar-refractivity contribution in [1.82, 2.24) is 4.98 Å². The van der Waals surface area contributed by atoms with Gasteiger partial charge in [0, 0.05) is 11.9 Å². The van der Waals surface area contributed by atoms with E-state index in [9.17, 15) is 0 Å². The monoisotopic (exact) mass is 251 g/mol. The first kappa shape index (κ1) is 13.1. The van der Waals surface area contributed by atoms with Gasteiger partial charge in [-0.3, -0.25) is 4.98 Å². The average molecular weight is 251 g/mol. The number of nitriles is 1. The summed E-state index contributed by atoms with van der Waals surface area (Å²) in [6.07, 6.45) is 5.25. The van der Waals surface area contributed by atoms with E-state index in [0.29, 0.717) is 5.56 Å². The number of nitrogens with one attached hydrogen (secondary N) is 1. The molecule has 1 aromatic heterocycles.